The molecule has 0 bridgehead atoms. The molecular formula is C20H36IN3O2. The number of aryl methyl sites for hydroxylation is 1. The Bertz CT molecular complexity index is 518. The van der Waals surface area contributed by atoms with E-state index in [2.05, 4.69) is 49.6 Å². The lowest BCUT2D eigenvalue weighted by Gasteiger charge is -2.18. The Balaban J connectivity index is 0.00000625. The van der Waals surface area contributed by atoms with Crippen molar-refractivity contribution in [2.45, 2.75) is 53.5 Å². The first-order valence-corrected chi connectivity index (χ1v) is 9.49. The molecule has 0 amide bonds. The Labute approximate surface area is 176 Å². The number of hydrogen-bond acceptors (Lipinski definition) is 3. The maximum Gasteiger partial charge on any atom is 0.191 e. The molecule has 0 radical (unpaired) electrons. The van der Waals surface area contributed by atoms with Gasteiger partial charge in [-0.25, -0.2) is 4.99 Å². The highest BCUT2D eigenvalue weighted by atomic mass is 127. The molecule has 0 aliphatic heterocycles. The second-order valence-corrected chi connectivity index (χ2v) is 6.29. The number of nitrogens with zero attached hydrogens (tertiary/aromatic N) is 1. The number of aliphatic hydroxyl groups is 1. The van der Waals surface area contributed by atoms with E-state index in [1.807, 2.05) is 6.92 Å². The van der Waals surface area contributed by atoms with Crippen LogP contribution in [0.4, 0.5) is 0 Å². The number of halogens is 1. The molecule has 3 N–H and O–H groups in total. The minimum absolute atomic E-state index is 0. The molecule has 150 valence electrons. The number of benzene rings is 1. The molecule has 6 heteroatoms. The van der Waals surface area contributed by atoms with E-state index in [0.717, 1.165) is 49.6 Å². The number of ether oxygens (including phenoxy) is 1. The van der Waals surface area contributed by atoms with Gasteiger partial charge in [-0.15, -0.1) is 24.0 Å². The zero-order chi connectivity index (χ0) is 18.5. The van der Waals surface area contributed by atoms with Crippen LogP contribution >= 0.6 is 24.0 Å². The Morgan fingerprint density at radius 2 is 1.96 bits per heavy atom. The largest absolute Gasteiger partial charge is 0.494 e. The molecule has 1 aromatic carbocycles. The van der Waals surface area contributed by atoms with Gasteiger partial charge in [-0.2, -0.15) is 0 Å². The molecule has 1 atom stereocenters. The Morgan fingerprint density at radius 3 is 2.58 bits per heavy atom. The summed E-state index contributed by atoms with van der Waals surface area (Å²) in [5, 5.41) is 15.9. The highest BCUT2D eigenvalue weighted by molar-refractivity contribution is 14.0. The number of hydrogen-bond donors (Lipinski definition) is 3. The van der Waals surface area contributed by atoms with Gasteiger partial charge >= 0.3 is 0 Å². The third-order valence-electron chi connectivity index (χ3n) is 4.07. The molecule has 1 aromatic rings. The Hall–Kier alpha value is -1.02. The molecule has 26 heavy (non-hydrogen) atoms. The first kappa shape index (κ1) is 25.0. The molecule has 0 aliphatic rings. The molecule has 0 fully saturated rings. The summed E-state index contributed by atoms with van der Waals surface area (Å²) in [6.07, 6.45) is 3.06. The van der Waals surface area contributed by atoms with Crippen molar-refractivity contribution in [3.8, 4) is 5.75 Å². The predicted octanol–water partition coefficient (Wildman–Crippen LogP) is 3.87. The van der Waals surface area contributed by atoms with Gasteiger partial charge in [-0.3, -0.25) is 0 Å². The standard InChI is InChI=1S/C20H35N3O2.HI/c1-5-8-17(11-12-24)14-22-20(21-6-2)23-15-18-10-9-16(4)13-19(18)25-7-3;/h9-10,13,17,24H,5-8,11-12,14-15H2,1-4H3,(H2,21,22,23);1H. The second kappa shape index (κ2) is 15.1. The number of nitrogens with one attached hydrogen (secondary N) is 2. The van der Waals surface area contributed by atoms with Crippen LogP contribution in [0.25, 0.3) is 0 Å². The molecule has 0 aromatic heterocycles. The quantitative estimate of drug-likeness (QED) is 0.257. The number of aliphatic imine (C=N–C) groups is 1. The van der Waals surface area contributed by atoms with Crippen LogP contribution in [0.2, 0.25) is 0 Å². The molecule has 5 nitrogen and oxygen atoms in total. The van der Waals surface area contributed by atoms with Crippen molar-refractivity contribution in [1.82, 2.24) is 10.6 Å². The molecule has 0 saturated carbocycles. The zero-order valence-electron chi connectivity index (χ0n) is 16.7. The van der Waals surface area contributed by atoms with E-state index < -0.39 is 0 Å². The van der Waals surface area contributed by atoms with E-state index in [-0.39, 0.29) is 30.6 Å². The first-order chi connectivity index (χ1) is 12.1. The summed E-state index contributed by atoms with van der Waals surface area (Å²) in [7, 11) is 0. The van der Waals surface area contributed by atoms with Crippen molar-refractivity contribution in [2.75, 3.05) is 26.3 Å². The van der Waals surface area contributed by atoms with Gasteiger partial charge in [0.1, 0.15) is 5.75 Å². The fourth-order valence-corrected chi connectivity index (χ4v) is 2.77. The van der Waals surface area contributed by atoms with Gasteiger partial charge in [-0.05, 0) is 51.2 Å². The molecule has 0 spiro atoms. The minimum atomic E-state index is 0. The van der Waals surface area contributed by atoms with Gasteiger partial charge in [0.25, 0.3) is 0 Å². The summed E-state index contributed by atoms with van der Waals surface area (Å²) in [5.41, 5.74) is 2.28. The average molecular weight is 477 g/mol. The van der Waals surface area contributed by atoms with E-state index in [1.54, 1.807) is 0 Å². The summed E-state index contributed by atoms with van der Waals surface area (Å²) in [6, 6.07) is 6.23. The zero-order valence-corrected chi connectivity index (χ0v) is 19.0. The van der Waals surface area contributed by atoms with E-state index in [1.165, 1.54) is 5.56 Å². The fourth-order valence-electron chi connectivity index (χ4n) is 2.77. The van der Waals surface area contributed by atoms with Gasteiger partial charge in [0.2, 0.25) is 0 Å². The van der Waals surface area contributed by atoms with Crippen LogP contribution in [0.5, 0.6) is 5.75 Å². The molecular weight excluding hydrogens is 441 g/mol. The van der Waals surface area contributed by atoms with Crippen LogP contribution < -0.4 is 15.4 Å². The lowest BCUT2D eigenvalue weighted by Crippen LogP contribution is -2.40. The van der Waals surface area contributed by atoms with E-state index in [4.69, 9.17) is 9.73 Å². The summed E-state index contributed by atoms with van der Waals surface area (Å²) >= 11 is 0. The number of guanidine groups is 1. The van der Waals surface area contributed by atoms with Gasteiger partial charge in [0.05, 0.1) is 13.2 Å². The molecule has 1 unspecified atom stereocenters. The average Bonchev–Trinajstić information content (AvgIpc) is 2.59. The summed E-state index contributed by atoms with van der Waals surface area (Å²) in [6.45, 7) is 11.4. The normalized spacial score (nSPS) is 12.3. The van der Waals surface area contributed by atoms with Crippen molar-refractivity contribution in [1.29, 1.82) is 0 Å². The van der Waals surface area contributed by atoms with Crippen LogP contribution in [0.3, 0.4) is 0 Å². The third-order valence-corrected chi connectivity index (χ3v) is 4.07. The van der Waals surface area contributed by atoms with Gasteiger partial charge in [0.15, 0.2) is 5.96 Å². The summed E-state index contributed by atoms with van der Waals surface area (Å²) in [5.74, 6) is 2.19. The molecule has 0 aliphatic carbocycles. The topological polar surface area (TPSA) is 65.9 Å². The van der Waals surface area contributed by atoms with Crippen LogP contribution in [-0.2, 0) is 6.54 Å². The number of rotatable bonds is 11. The van der Waals surface area contributed by atoms with Crippen LogP contribution in [0.1, 0.15) is 51.2 Å². The van der Waals surface area contributed by atoms with E-state index in [9.17, 15) is 5.11 Å². The summed E-state index contributed by atoms with van der Waals surface area (Å²) < 4.78 is 5.73. The first-order valence-electron chi connectivity index (χ1n) is 9.49. The smallest absolute Gasteiger partial charge is 0.191 e. The lowest BCUT2D eigenvalue weighted by molar-refractivity contribution is 0.251. The SMILES string of the molecule is CCCC(CCO)CNC(=NCc1ccc(C)cc1OCC)NCC.I. The fraction of sp³-hybridized carbons (Fsp3) is 0.650. The minimum Gasteiger partial charge on any atom is -0.494 e. The van der Waals surface area contributed by atoms with E-state index >= 15 is 0 Å². The van der Waals surface area contributed by atoms with Crippen molar-refractivity contribution in [2.24, 2.45) is 10.9 Å². The Morgan fingerprint density at radius 1 is 1.19 bits per heavy atom. The van der Waals surface area contributed by atoms with Crippen molar-refractivity contribution in [3.05, 3.63) is 29.3 Å². The molecule has 0 heterocycles. The highest BCUT2D eigenvalue weighted by Crippen LogP contribution is 2.21. The summed E-state index contributed by atoms with van der Waals surface area (Å²) in [4.78, 5) is 4.70. The van der Waals surface area contributed by atoms with Gasteiger partial charge < -0.3 is 20.5 Å². The molecule has 1 rings (SSSR count). The van der Waals surface area contributed by atoms with Gasteiger partial charge in [0, 0.05) is 25.3 Å². The highest BCUT2D eigenvalue weighted by Gasteiger charge is 2.09. The second-order valence-electron chi connectivity index (χ2n) is 6.29. The van der Waals surface area contributed by atoms with Crippen molar-refractivity contribution in [3.63, 3.8) is 0 Å². The number of aliphatic hydroxyl groups excluding tert-OH is 1. The third kappa shape index (κ3) is 9.62. The van der Waals surface area contributed by atoms with Crippen LogP contribution in [0, 0.1) is 12.8 Å². The monoisotopic (exact) mass is 477 g/mol. The van der Waals surface area contributed by atoms with E-state index in [0.29, 0.717) is 19.1 Å². The van der Waals surface area contributed by atoms with Crippen molar-refractivity contribution >= 4 is 29.9 Å². The Kier molecular flexibility index (Phi) is 14.5. The lowest BCUT2D eigenvalue weighted by atomic mass is 10.0. The van der Waals surface area contributed by atoms with Crippen molar-refractivity contribution < 1.29 is 9.84 Å². The maximum atomic E-state index is 9.20. The van der Waals surface area contributed by atoms with Gasteiger partial charge in [-0.1, -0.05) is 25.5 Å². The van der Waals surface area contributed by atoms with Crippen LogP contribution in [-0.4, -0.2) is 37.4 Å². The van der Waals surface area contributed by atoms with Crippen LogP contribution in [0.15, 0.2) is 23.2 Å². The maximum absolute atomic E-state index is 9.20. The predicted molar refractivity (Wildman–Crippen MR) is 121 cm³/mol. The molecule has 0 saturated heterocycles.